The van der Waals surface area contributed by atoms with Gasteiger partial charge in [-0.25, -0.2) is 0 Å². The predicted octanol–water partition coefficient (Wildman–Crippen LogP) is 2.96. The molecule has 0 aliphatic rings. The summed E-state index contributed by atoms with van der Waals surface area (Å²) in [5.41, 5.74) is 2.82. The summed E-state index contributed by atoms with van der Waals surface area (Å²) < 4.78 is 0. The van der Waals surface area contributed by atoms with Gasteiger partial charge in [-0.3, -0.25) is 0 Å². The van der Waals surface area contributed by atoms with Crippen molar-refractivity contribution in [1.82, 2.24) is 4.90 Å². The van der Waals surface area contributed by atoms with Crippen LogP contribution in [0.25, 0.3) is 0 Å². The van der Waals surface area contributed by atoms with Gasteiger partial charge in [-0.05, 0) is 37.2 Å². The van der Waals surface area contributed by atoms with Crippen LogP contribution in [-0.4, -0.2) is 32.1 Å². The lowest BCUT2D eigenvalue weighted by Crippen LogP contribution is -2.21. The van der Waals surface area contributed by atoms with E-state index in [0.717, 1.165) is 13.1 Å². The van der Waals surface area contributed by atoms with Gasteiger partial charge in [-0.15, -0.1) is 0 Å². The van der Waals surface area contributed by atoms with E-state index in [-0.39, 0.29) is 5.41 Å². The van der Waals surface area contributed by atoms with E-state index in [1.807, 2.05) is 0 Å². The highest BCUT2D eigenvalue weighted by atomic mass is 15.1. The Kier molecular flexibility index (Phi) is 4.36. The van der Waals surface area contributed by atoms with Crippen LogP contribution in [0.1, 0.15) is 26.3 Å². The average Bonchev–Trinajstić information content (AvgIpc) is 2.16. The molecule has 90 valence electrons. The SMILES string of the molecule is CN(C)CCNc1cccc(C(C)(C)C)c1. The van der Waals surface area contributed by atoms with Crippen LogP contribution in [-0.2, 0) is 5.41 Å². The highest BCUT2D eigenvalue weighted by Crippen LogP contribution is 2.24. The van der Waals surface area contributed by atoms with Crippen molar-refractivity contribution in [3.05, 3.63) is 29.8 Å². The maximum atomic E-state index is 3.45. The van der Waals surface area contributed by atoms with Gasteiger partial charge in [-0.2, -0.15) is 0 Å². The lowest BCUT2D eigenvalue weighted by Gasteiger charge is -2.20. The first-order chi connectivity index (χ1) is 7.39. The third-order valence-corrected chi connectivity index (χ3v) is 2.62. The van der Waals surface area contributed by atoms with Crippen LogP contribution in [0.15, 0.2) is 24.3 Å². The van der Waals surface area contributed by atoms with Gasteiger partial charge in [0.05, 0.1) is 0 Å². The Balaban J connectivity index is 2.61. The first kappa shape index (κ1) is 13.0. The van der Waals surface area contributed by atoms with E-state index < -0.39 is 0 Å². The summed E-state index contributed by atoms with van der Waals surface area (Å²) in [6.07, 6.45) is 0. The van der Waals surface area contributed by atoms with Crippen molar-refractivity contribution >= 4 is 5.69 Å². The fraction of sp³-hybridized carbons (Fsp3) is 0.571. The predicted molar refractivity (Wildman–Crippen MR) is 72.2 cm³/mol. The second kappa shape index (κ2) is 5.35. The standard InChI is InChI=1S/C14H24N2/c1-14(2,3)12-7-6-8-13(11-12)15-9-10-16(4)5/h6-8,11,15H,9-10H2,1-5H3. The minimum absolute atomic E-state index is 0.221. The molecule has 16 heavy (non-hydrogen) atoms. The summed E-state index contributed by atoms with van der Waals surface area (Å²) in [7, 11) is 4.18. The van der Waals surface area contributed by atoms with Gasteiger partial charge >= 0.3 is 0 Å². The van der Waals surface area contributed by atoms with Crippen molar-refractivity contribution in [3.63, 3.8) is 0 Å². The number of hydrogen-bond donors (Lipinski definition) is 1. The summed E-state index contributed by atoms with van der Waals surface area (Å²) in [5, 5.41) is 3.45. The van der Waals surface area contributed by atoms with Crippen LogP contribution in [0.5, 0.6) is 0 Å². The van der Waals surface area contributed by atoms with Crippen LogP contribution in [0.4, 0.5) is 5.69 Å². The van der Waals surface area contributed by atoms with Crippen molar-refractivity contribution in [2.75, 3.05) is 32.5 Å². The Labute approximate surface area is 99.7 Å². The van der Waals surface area contributed by atoms with Gasteiger partial charge in [0.15, 0.2) is 0 Å². The van der Waals surface area contributed by atoms with Crippen LogP contribution in [0.3, 0.4) is 0 Å². The summed E-state index contributed by atoms with van der Waals surface area (Å²) in [4.78, 5) is 2.18. The normalized spacial score (nSPS) is 11.9. The van der Waals surface area contributed by atoms with E-state index in [2.05, 4.69) is 69.3 Å². The first-order valence-corrected chi connectivity index (χ1v) is 5.89. The zero-order valence-corrected chi connectivity index (χ0v) is 11.2. The maximum Gasteiger partial charge on any atom is 0.0343 e. The molecule has 0 spiro atoms. The highest BCUT2D eigenvalue weighted by Gasteiger charge is 2.13. The Morgan fingerprint density at radius 1 is 1.19 bits per heavy atom. The van der Waals surface area contributed by atoms with Crippen molar-refractivity contribution < 1.29 is 0 Å². The first-order valence-electron chi connectivity index (χ1n) is 5.89. The van der Waals surface area contributed by atoms with Crippen LogP contribution in [0.2, 0.25) is 0 Å². The van der Waals surface area contributed by atoms with Gasteiger partial charge in [0, 0.05) is 18.8 Å². The van der Waals surface area contributed by atoms with Gasteiger partial charge in [0.25, 0.3) is 0 Å². The average molecular weight is 220 g/mol. The fourth-order valence-corrected chi connectivity index (χ4v) is 1.52. The van der Waals surface area contributed by atoms with E-state index >= 15 is 0 Å². The minimum Gasteiger partial charge on any atom is -0.384 e. The molecule has 0 aliphatic carbocycles. The molecule has 0 fully saturated rings. The van der Waals surface area contributed by atoms with E-state index in [1.165, 1.54) is 11.3 Å². The molecule has 1 aromatic rings. The van der Waals surface area contributed by atoms with E-state index in [0.29, 0.717) is 0 Å². The molecule has 0 heterocycles. The summed E-state index contributed by atoms with van der Waals surface area (Å²) >= 11 is 0. The van der Waals surface area contributed by atoms with Gasteiger partial charge in [0.1, 0.15) is 0 Å². The number of benzene rings is 1. The molecule has 2 nitrogen and oxygen atoms in total. The molecule has 0 radical (unpaired) electrons. The lowest BCUT2D eigenvalue weighted by molar-refractivity contribution is 0.425. The molecule has 0 unspecified atom stereocenters. The number of hydrogen-bond acceptors (Lipinski definition) is 2. The van der Waals surface area contributed by atoms with Crippen molar-refractivity contribution in [3.8, 4) is 0 Å². The summed E-state index contributed by atoms with van der Waals surface area (Å²) in [5.74, 6) is 0. The molecule has 0 aromatic heterocycles. The summed E-state index contributed by atoms with van der Waals surface area (Å²) in [6, 6.07) is 8.69. The van der Waals surface area contributed by atoms with Gasteiger partial charge in [-0.1, -0.05) is 32.9 Å². The van der Waals surface area contributed by atoms with Crippen molar-refractivity contribution in [1.29, 1.82) is 0 Å². The van der Waals surface area contributed by atoms with Gasteiger partial charge < -0.3 is 10.2 Å². The number of anilines is 1. The van der Waals surface area contributed by atoms with Crippen LogP contribution >= 0.6 is 0 Å². The molecule has 1 N–H and O–H groups in total. The van der Waals surface area contributed by atoms with E-state index in [1.54, 1.807) is 0 Å². The van der Waals surface area contributed by atoms with Crippen molar-refractivity contribution in [2.45, 2.75) is 26.2 Å². The Hall–Kier alpha value is -1.02. The lowest BCUT2D eigenvalue weighted by atomic mass is 9.87. The molecule has 0 atom stereocenters. The topological polar surface area (TPSA) is 15.3 Å². The van der Waals surface area contributed by atoms with Crippen LogP contribution in [0, 0.1) is 0 Å². The van der Waals surface area contributed by atoms with E-state index in [4.69, 9.17) is 0 Å². The second-order valence-corrected chi connectivity index (χ2v) is 5.56. The Morgan fingerprint density at radius 3 is 2.44 bits per heavy atom. The summed E-state index contributed by atoms with van der Waals surface area (Å²) in [6.45, 7) is 8.77. The third-order valence-electron chi connectivity index (χ3n) is 2.62. The number of likely N-dealkylation sites (N-methyl/N-ethyl adjacent to an activating group) is 1. The molecule has 0 amide bonds. The molecular formula is C14H24N2. The Morgan fingerprint density at radius 2 is 1.88 bits per heavy atom. The highest BCUT2D eigenvalue weighted by molar-refractivity contribution is 5.47. The molecule has 1 rings (SSSR count). The second-order valence-electron chi connectivity index (χ2n) is 5.56. The van der Waals surface area contributed by atoms with Crippen molar-refractivity contribution in [2.24, 2.45) is 0 Å². The molecule has 0 aliphatic heterocycles. The quantitative estimate of drug-likeness (QED) is 0.839. The minimum atomic E-state index is 0.221. The van der Waals surface area contributed by atoms with E-state index in [9.17, 15) is 0 Å². The zero-order valence-electron chi connectivity index (χ0n) is 11.2. The maximum absolute atomic E-state index is 3.45. The fourth-order valence-electron chi connectivity index (χ4n) is 1.52. The largest absolute Gasteiger partial charge is 0.384 e. The third kappa shape index (κ3) is 4.23. The molecular weight excluding hydrogens is 196 g/mol. The zero-order chi connectivity index (χ0) is 12.2. The number of rotatable bonds is 4. The van der Waals surface area contributed by atoms with Gasteiger partial charge in [0.2, 0.25) is 0 Å². The molecule has 0 saturated heterocycles. The molecule has 1 aromatic carbocycles. The monoisotopic (exact) mass is 220 g/mol. The number of nitrogens with zero attached hydrogens (tertiary/aromatic N) is 1. The Bertz CT molecular complexity index is 324. The molecule has 0 bridgehead atoms. The number of nitrogens with one attached hydrogen (secondary N) is 1. The molecule has 0 saturated carbocycles. The smallest absolute Gasteiger partial charge is 0.0343 e. The van der Waals surface area contributed by atoms with Crippen LogP contribution < -0.4 is 5.32 Å². The molecule has 2 heteroatoms.